The first-order chi connectivity index (χ1) is 8.50. The van der Waals surface area contributed by atoms with E-state index in [2.05, 4.69) is 0 Å². The van der Waals surface area contributed by atoms with Gasteiger partial charge in [-0.15, -0.1) is 11.8 Å². The van der Waals surface area contributed by atoms with Crippen LogP contribution < -0.4 is 4.90 Å². The minimum atomic E-state index is -0.834. The summed E-state index contributed by atoms with van der Waals surface area (Å²) in [6.07, 6.45) is 0.0764. The predicted octanol–water partition coefficient (Wildman–Crippen LogP) is 2.25. The molecule has 4 nitrogen and oxygen atoms in total. The molecule has 1 unspecified atom stereocenters. The van der Waals surface area contributed by atoms with Crippen molar-refractivity contribution in [2.45, 2.75) is 18.6 Å². The zero-order valence-corrected chi connectivity index (χ0v) is 11.3. The molecule has 1 amide bonds. The zero-order chi connectivity index (χ0) is 13.5. The molecule has 0 aliphatic heterocycles. The zero-order valence-electron chi connectivity index (χ0n) is 10.5. The Balaban J connectivity index is 2.44. The SMILES string of the molecule is CC(CC(=O)O)SCC(=O)N(C)c1ccccc1. The van der Waals surface area contributed by atoms with Crippen molar-refractivity contribution in [1.82, 2.24) is 0 Å². The summed E-state index contributed by atoms with van der Waals surface area (Å²) in [5.74, 6) is -0.567. The van der Waals surface area contributed by atoms with Crippen LogP contribution in [0.5, 0.6) is 0 Å². The second-order valence-corrected chi connectivity index (χ2v) is 5.43. The highest BCUT2D eigenvalue weighted by molar-refractivity contribution is 8.00. The summed E-state index contributed by atoms with van der Waals surface area (Å²) in [5.41, 5.74) is 0.842. The van der Waals surface area contributed by atoms with Gasteiger partial charge in [0.05, 0.1) is 12.2 Å². The highest BCUT2D eigenvalue weighted by atomic mass is 32.2. The molecule has 0 heterocycles. The molecule has 5 heteroatoms. The fraction of sp³-hybridized carbons (Fsp3) is 0.385. The summed E-state index contributed by atoms with van der Waals surface area (Å²) in [7, 11) is 1.72. The number of aliphatic carboxylic acids is 1. The van der Waals surface area contributed by atoms with E-state index in [9.17, 15) is 9.59 Å². The van der Waals surface area contributed by atoms with Crippen molar-refractivity contribution in [3.05, 3.63) is 30.3 Å². The maximum atomic E-state index is 11.9. The molecule has 1 N–H and O–H groups in total. The molecule has 0 aliphatic rings. The summed E-state index contributed by atoms with van der Waals surface area (Å²) >= 11 is 1.36. The first-order valence-electron chi connectivity index (χ1n) is 5.65. The van der Waals surface area contributed by atoms with Crippen molar-refractivity contribution in [1.29, 1.82) is 0 Å². The third kappa shape index (κ3) is 4.79. The van der Waals surface area contributed by atoms with Gasteiger partial charge in [-0.05, 0) is 12.1 Å². The predicted molar refractivity (Wildman–Crippen MR) is 74.0 cm³/mol. The number of amides is 1. The number of thioether (sulfide) groups is 1. The molecule has 98 valence electrons. The highest BCUT2D eigenvalue weighted by Crippen LogP contribution is 2.17. The van der Waals surface area contributed by atoms with Gasteiger partial charge in [0.25, 0.3) is 0 Å². The number of carbonyl (C=O) groups excluding carboxylic acids is 1. The Morgan fingerprint density at radius 3 is 2.50 bits per heavy atom. The fourth-order valence-electron chi connectivity index (χ4n) is 1.41. The number of benzene rings is 1. The van der Waals surface area contributed by atoms with Crippen molar-refractivity contribution in [3.8, 4) is 0 Å². The largest absolute Gasteiger partial charge is 0.481 e. The lowest BCUT2D eigenvalue weighted by molar-refractivity contribution is -0.136. The number of carbonyl (C=O) groups is 2. The second-order valence-electron chi connectivity index (χ2n) is 4.01. The van der Waals surface area contributed by atoms with Crippen molar-refractivity contribution >= 4 is 29.3 Å². The number of carboxylic acids is 1. The van der Waals surface area contributed by atoms with Gasteiger partial charge in [0, 0.05) is 18.0 Å². The van der Waals surface area contributed by atoms with Crippen LogP contribution in [0.3, 0.4) is 0 Å². The Hall–Kier alpha value is -1.49. The van der Waals surface area contributed by atoms with Gasteiger partial charge in [0.15, 0.2) is 0 Å². The van der Waals surface area contributed by atoms with Gasteiger partial charge in [-0.25, -0.2) is 0 Å². The van der Waals surface area contributed by atoms with E-state index in [0.717, 1.165) is 5.69 Å². The molecule has 0 aromatic heterocycles. The number of hydrogen-bond acceptors (Lipinski definition) is 3. The normalized spacial score (nSPS) is 11.9. The number of nitrogens with zero attached hydrogens (tertiary/aromatic N) is 1. The van der Waals surface area contributed by atoms with Crippen molar-refractivity contribution < 1.29 is 14.7 Å². The molecule has 1 aromatic carbocycles. The molecular formula is C13H17NO3S. The smallest absolute Gasteiger partial charge is 0.304 e. The Morgan fingerprint density at radius 2 is 1.94 bits per heavy atom. The minimum Gasteiger partial charge on any atom is -0.481 e. The third-order valence-electron chi connectivity index (χ3n) is 2.47. The molecule has 1 aromatic rings. The van der Waals surface area contributed by atoms with Gasteiger partial charge in [0.1, 0.15) is 0 Å². The summed E-state index contributed by atoms with van der Waals surface area (Å²) in [6, 6.07) is 9.37. The van der Waals surface area contributed by atoms with Crippen LogP contribution in [0.15, 0.2) is 30.3 Å². The average molecular weight is 267 g/mol. The van der Waals surface area contributed by atoms with Gasteiger partial charge in [0.2, 0.25) is 5.91 Å². The summed E-state index contributed by atoms with van der Waals surface area (Å²) in [5, 5.41) is 8.57. The van der Waals surface area contributed by atoms with E-state index in [1.165, 1.54) is 11.8 Å². The number of hydrogen-bond donors (Lipinski definition) is 1. The van der Waals surface area contributed by atoms with E-state index in [-0.39, 0.29) is 17.6 Å². The fourth-order valence-corrected chi connectivity index (χ4v) is 2.29. The van der Waals surface area contributed by atoms with Crippen molar-refractivity contribution in [2.24, 2.45) is 0 Å². The van der Waals surface area contributed by atoms with Crippen LogP contribution in [0.4, 0.5) is 5.69 Å². The van der Waals surface area contributed by atoms with Gasteiger partial charge in [-0.3, -0.25) is 9.59 Å². The molecule has 0 bridgehead atoms. The Kier molecular flexibility index (Phi) is 5.71. The van der Waals surface area contributed by atoms with E-state index in [1.807, 2.05) is 37.3 Å². The van der Waals surface area contributed by atoms with E-state index >= 15 is 0 Å². The Labute approximate surface area is 111 Å². The van der Waals surface area contributed by atoms with Crippen LogP contribution >= 0.6 is 11.8 Å². The molecule has 18 heavy (non-hydrogen) atoms. The van der Waals surface area contributed by atoms with Gasteiger partial charge in [-0.1, -0.05) is 25.1 Å². The van der Waals surface area contributed by atoms with E-state index in [0.29, 0.717) is 5.75 Å². The lowest BCUT2D eigenvalue weighted by Gasteiger charge is -2.18. The van der Waals surface area contributed by atoms with E-state index in [4.69, 9.17) is 5.11 Å². The molecular weight excluding hydrogens is 250 g/mol. The quantitative estimate of drug-likeness (QED) is 0.859. The van der Waals surface area contributed by atoms with Crippen LogP contribution in [0.2, 0.25) is 0 Å². The van der Waals surface area contributed by atoms with Crippen LogP contribution in [0, 0.1) is 0 Å². The lowest BCUT2D eigenvalue weighted by Crippen LogP contribution is -2.28. The maximum Gasteiger partial charge on any atom is 0.304 e. The van der Waals surface area contributed by atoms with Crippen LogP contribution in [0.25, 0.3) is 0 Å². The lowest BCUT2D eigenvalue weighted by atomic mass is 10.3. The van der Waals surface area contributed by atoms with Crippen molar-refractivity contribution in [3.63, 3.8) is 0 Å². The molecule has 0 saturated heterocycles. The monoisotopic (exact) mass is 267 g/mol. The standard InChI is InChI=1S/C13H17NO3S/c1-10(8-13(16)17)18-9-12(15)14(2)11-6-4-3-5-7-11/h3-7,10H,8-9H2,1-2H3,(H,16,17). The molecule has 0 radical (unpaired) electrons. The van der Waals surface area contributed by atoms with Crippen LogP contribution in [-0.2, 0) is 9.59 Å². The summed E-state index contributed by atoms with van der Waals surface area (Å²) < 4.78 is 0. The third-order valence-corrected chi connectivity index (χ3v) is 3.62. The van der Waals surface area contributed by atoms with Crippen molar-refractivity contribution in [2.75, 3.05) is 17.7 Å². The molecule has 0 aliphatic carbocycles. The van der Waals surface area contributed by atoms with E-state index in [1.54, 1.807) is 11.9 Å². The molecule has 0 spiro atoms. The van der Waals surface area contributed by atoms with E-state index < -0.39 is 5.97 Å². The Bertz CT molecular complexity index is 408. The average Bonchev–Trinajstić information content (AvgIpc) is 2.35. The number of rotatable bonds is 6. The van der Waals surface area contributed by atoms with Gasteiger partial charge >= 0.3 is 5.97 Å². The second kappa shape index (κ2) is 7.06. The Morgan fingerprint density at radius 1 is 1.33 bits per heavy atom. The number of para-hydroxylation sites is 1. The number of anilines is 1. The summed E-state index contributed by atoms with van der Waals surface area (Å²) in [4.78, 5) is 24.0. The first-order valence-corrected chi connectivity index (χ1v) is 6.70. The van der Waals surface area contributed by atoms with Gasteiger partial charge < -0.3 is 10.0 Å². The molecule has 0 fully saturated rings. The molecule has 1 rings (SSSR count). The van der Waals surface area contributed by atoms with Crippen LogP contribution in [0.1, 0.15) is 13.3 Å². The molecule has 1 atom stereocenters. The van der Waals surface area contributed by atoms with Crippen LogP contribution in [-0.4, -0.2) is 35.0 Å². The first kappa shape index (κ1) is 14.6. The maximum absolute atomic E-state index is 11.9. The molecule has 0 saturated carbocycles. The minimum absolute atomic E-state index is 0.0246. The summed E-state index contributed by atoms with van der Waals surface area (Å²) in [6.45, 7) is 1.81. The van der Waals surface area contributed by atoms with Gasteiger partial charge in [-0.2, -0.15) is 0 Å². The topological polar surface area (TPSA) is 57.6 Å². The number of carboxylic acid groups (broad SMARTS) is 1. The highest BCUT2D eigenvalue weighted by Gasteiger charge is 2.14.